The van der Waals surface area contributed by atoms with E-state index in [1.807, 2.05) is 0 Å². The Balaban J connectivity index is 1.92. The lowest BCUT2D eigenvalue weighted by Crippen LogP contribution is -2.09. The van der Waals surface area contributed by atoms with Crippen molar-refractivity contribution in [2.24, 2.45) is 0 Å². The molecular weight excluding hydrogens is 250 g/mol. The predicted octanol–water partition coefficient (Wildman–Crippen LogP) is 2.59. The number of rotatable bonds is 6. The van der Waals surface area contributed by atoms with Gasteiger partial charge in [-0.25, -0.2) is 0 Å². The second-order valence-corrected chi connectivity index (χ2v) is 3.80. The number of benzene rings is 1. The van der Waals surface area contributed by atoms with Gasteiger partial charge in [-0.1, -0.05) is 12.1 Å². The fourth-order valence-electron chi connectivity index (χ4n) is 1.52. The Kier molecular flexibility index (Phi) is 4.04. The predicted molar refractivity (Wildman–Crippen MR) is 65.8 cm³/mol. The number of nitro groups is 1. The van der Waals surface area contributed by atoms with Crippen molar-refractivity contribution in [3.05, 3.63) is 64.1 Å². The molecule has 98 valence electrons. The molecule has 0 spiro atoms. The summed E-state index contributed by atoms with van der Waals surface area (Å²) in [6.07, 6.45) is 1.51. The zero-order valence-electron chi connectivity index (χ0n) is 9.94. The number of nitrogens with zero attached hydrogens (tertiary/aromatic N) is 1. The number of hydrogen-bond donors (Lipinski definition) is 0. The van der Waals surface area contributed by atoms with Crippen LogP contribution in [0.3, 0.4) is 0 Å². The van der Waals surface area contributed by atoms with Crippen molar-refractivity contribution in [1.82, 2.24) is 0 Å². The van der Waals surface area contributed by atoms with Crippen molar-refractivity contribution in [3.63, 3.8) is 0 Å². The summed E-state index contributed by atoms with van der Waals surface area (Å²) in [4.78, 5) is 21.8. The van der Waals surface area contributed by atoms with Gasteiger partial charge in [0, 0.05) is 17.7 Å². The molecule has 0 aliphatic rings. The molecule has 0 radical (unpaired) electrons. The molecule has 0 aliphatic heterocycles. The highest BCUT2D eigenvalue weighted by molar-refractivity contribution is 5.97. The third-order valence-corrected chi connectivity index (χ3v) is 2.44. The van der Waals surface area contributed by atoms with Gasteiger partial charge in [0.2, 0.25) is 0 Å². The lowest BCUT2D eigenvalue weighted by atomic mass is 10.1. The van der Waals surface area contributed by atoms with Gasteiger partial charge in [0.05, 0.1) is 11.2 Å². The number of carbonyl (C=O) groups excluding carboxylic acids is 1. The molecular formula is C13H11NO5. The zero-order chi connectivity index (χ0) is 13.7. The van der Waals surface area contributed by atoms with Crippen molar-refractivity contribution in [2.75, 3.05) is 6.61 Å². The molecule has 0 aliphatic carbocycles. The van der Waals surface area contributed by atoms with E-state index >= 15 is 0 Å². The van der Waals surface area contributed by atoms with Gasteiger partial charge in [-0.05, 0) is 12.1 Å². The summed E-state index contributed by atoms with van der Waals surface area (Å²) in [5.41, 5.74) is 0.144. The van der Waals surface area contributed by atoms with E-state index < -0.39 is 4.92 Å². The van der Waals surface area contributed by atoms with Crippen LogP contribution in [0.1, 0.15) is 16.1 Å². The maximum absolute atomic E-state index is 11.8. The van der Waals surface area contributed by atoms with Crippen LogP contribution in [0.15, 0.2) is 47.1 Å². The summed E-state index contributed by atoms with van der Waals surface area (Å²) < 4.78 is 10.2. The van der Waals surface area contributed by atoms with Crippen LogP contribution < -0.4 is 0 Å². The van der Waals surface area contributed by atoms with Crippen LogP contribution in [0.4, 0.5) is 5.69 Å². The molecule has 19 heavy (non-hydrogen) atoms. The molecule has 2 rings (SSSR count). The van der Waals surface area contributed by atoms with E-state index in [1.54, 1.807) is 12.1 Å². The van der Waals surface area contributed by atoms with E-state index in [-0.39, 0.29) is 30.2 Å². The van der Waals surface area contributed by atoms with E-state index in [4.69, 9.17) is 9.15 Å². The number of non-ortho nitro benzene ring substituents is 1. The van der Waals surface area contributed by atoms with Crippen LogP contribution in [-0.2, 0) is 11.3 Å². The third-order valence-electron chi connectivity index (χ3n) is 2.44. The second kappa shape index (κ2) is 5.92. The maximum atomic E-state index is 11.8. The summed E-state index contributed by atoms with van der Waals surface area (Å²) in [5.74, 6) is 0.307. The highest BCUT2D eigenvalue weighted by Crippen LogP contribution is 2.13. The van der Waals surface area contributed by atoms with Crippen LogP contribution in [0, 0.1) is 10.1 Å². The standard InChI is InChI=1S/C13H11NO5/c15-13(9-18-8-12-5-2-6-19-12)10-3-1-4-11(7-10)14(16)17/h1-7H,8-9H2. The molecule has 6 heteroatoms. The molecule has 0 amide bonds. The first kappa shape index (κ1) is 13.0. The molecule has 1 aromatic heterocycles. The second-order valence-electron chi connectivity index (χ2n) is 3.80. The molecule has 0 bridgehead atoms. The Morgan fingerprint density at radius 3 is 2.84 bits per heavy atom. The summed E-state index contributed by atoms with van der Waals surface area (Å²) in [6, 6.07) is 9.02. The Morgan fingerprint density at radius 2 is 2.16 bits per heavy atom. The smallest absolute Gasteiger partial charge is 0.270 e. The van der Waals surface area contributed by atoms with Gasteiger partial charge in [0.15, 0.2) is 5.78 Å². The topological polar surface area (TPSA) is 82.6 Å². The van der Waals surface area contributed by atoms with Crippen LogP contribution in [0.25, 0.3) is 0 Å². The largest absolute Gasteiger partial charge is 0.467 e. The highest BCUT2D eigenvalue weighted by atomic mass is 16.6. The van der Waals surface area contributed by atoms with Crippen LogP contribution >= 0.6 is 0 Å². The molecule has 0 fully saturated rings. The number of Topliss-reactive ketones (excluding diaryl/α,β-unsaturated/α-hetero) is 1. The van der Waals surface area contributed by atoms with Crippen molar-refractivity contribution in [1.29, 1.82) is 0 Å². The summed E-state index contributed by atoms with van der Waals surface area (Å²) in [7, 11) is 0. The average Bonchev–Trinajstić information content (AvgIpc) is 2.92. The minimum atomic E-state index is -0.541. The lowest BCUT2D eigenvalue weighted by Gasteiger charge is -2.02. The van der Waals surface area contributed by atoms with E-state index in [0.717, 1.165) is 0 Å². The number of carbonyl (C=O) groups is 1. The molecule has 6 nitrogen and oxygen atoms in total. The minimum absolute atomic E-state index is 0.114. The number of nitro benzene ring substituents is 1. The third kappa shape index (κ3) is 3.49. The summed E-state index contributed by atoms with van der Waals surface area (Å²) in [6.45, 7) is 0.0372. The number of furan rings is 1. The highest BCUT2D eigenvalue weighted by Gasteiger charge is 2.11. The molecule has 2 aromatic rings. The Hall–Kier alpha value is -2.47. The van der Waals surface area contributed by atoms with Gasteiger partial charge in [0.1, 0.15) is 19.0 Å². The lowest BCUT2D eigenvalue weighted by molar-refractivity contribution is -0.384. The molecule has 1 aromatic carbocycles. The van der Waals surface area contributed by atoms with Crippen molar-refractivity contribution in [3.8, 4) is 0 Å². The Labute approximate surface area is 108 Å². The number of hydrogen-bond acceptors (Lipinski definition) is 5. The van der Waals surface area contributed by atoms with E-state index in [0.29, 0.717) is 5.76 Å². The zero-order valence-corrected chi connectivity index (χ0v) is 9.94. The Bertz CT molecular complexity index is 576. The van der Waals surface area contributed by atoms with Gasteiger partial charge in [-0.15, -0.1) is 0 Å². The normalized spacial score (nSPS) is 10.3. The molecule has 0 saturated carbocycles. The quantitative estimate of drug-likeness (QED) is 0.453. The number of ketones is 1. The van der Waals surface area contributed by atoms with Gasteiger partial charge < -0.3 is 9.15 Å². The minimum Gasteiger partial charge on any atom is -0.467 e. The first-order valence-corrected chi connectivity index (χ1v) is 5.54. The monoisotopic (exact) mass is 261 g/mol. The molecule has 0 saturated heterocycles. The molecule has 0 unspecified atom stereocenters. The van der Waals surface area contributed by atoms with Crippen LogP contribution in [0.5, 0.6) is 0 Å². The van der Waals surface area contributed by atoms with E-state index in [1.165, 1.54) is 30.5 Å². The SMILES string of the molecule is O=C(COCc1ccco1)c1cccc([N+](=O)[O-])c1. The summed E-state index contributed by atoms with van der Waals surface area (Å²) >= 11 is 0. The molecule has 0 N–H and O–H groups in total. The van der Waals surface area contributed by atoms with Crippen molar-refractivity contribution in [2.45, 2.75) is 6.61 Å². The van der Waals surface area contributed by atoms with Gasteiger partial charge in [-0.2, -0.15) is 0 Å². The first-order valence-electron chi connectivity index (χ1n) is 5.54. The van der Waals surface area contributed by atoms with Gasteiger partial charge in [0.25, 0.3) is 5.69 Å². The fourth-order valence-corrected chi connectivity index (χ4v) is 1.52. The van der Waals surface area contributed by atoms with E-state index in [2.05, 4.69) is 0 Å². The van der Waals surface area contributed by atoms with Crippen LogP contribution in [0.2, 0.25) is 0 Å². The Morgan fingerprint density at radius 1 is 1.32 bits per heavy atom. The van der Waals surface area contributed by atoms with Gasteiger partial charge in [-0.3, -0.25) is 14.9 Å². The first-order chi connectivity index (χ1) is 9.16. The fraction of sp³-hybridized carbons (Fsp3) is 0.154. The molecule has 1 heterocycles. The number of ether oxygens (including phenoxy) is 1. The van der Waals surface area contributed by atoms with Gasteiger partial charge >= 0.3 is 0 Å². The molecule has 0 atom stereocenters. The maximum Gasteiger partial charge on any atom is 0.270 e. The average molecular weight is 261 g/mol. The van der Waals surface area contributed by atoms with Crippen LogP contribution in [-0.4, -0.2) is 17.3 Å². The summed E-state index contributed by atoms with van der Waals surface area (Å²) in [5, 5.41) is 10.6. The van der Waals surface area contributed by atoms with Crippen molar-refractivity contribution < 1.29 is 18.9 Å². The van der Waals surface area contributed by atoms with Crippen molar-refractivity contribution >= 4 is 11.5 Å². The van der Waals surface area contributed by atoms with E-state index in [9.17, 15) is 14.9 Å².